The van der Waals surface area contributed by atoms with Gasteiger partial charge in [0, 0.05) is 74.3 Å². The van der Waals surface area contributed by atoms with Gasteiger partial charge in [0.2, 0.25) is 0 Å². The van der Waals surface area contributed by atoms with Gasteiger partial charge in [0.05, 0.1) is 11.1 Å². The summed E-state index contributed by atoms with van der Waals surface area (Å²) in [7, 11) is 0. The van der Waals surface area contributed by atoms with Crippen molar-refractivity contribution in [3.63, 3.8) is 0 Å². The lowest BCUT2D eigenvalue weighted by atomic mass is 9.69. The van der Waals surface area contributed by atoms with Gasteiger partial charge in [-0.3, -0.25) is 0 Å². The van der Waals surface area contributed by atoms with Gasteiger partial charge in [0.1, 0.15) is 0 Å². The Morgan fingerprint density at radius 3 is 1.35 bits per heavy atom. The minimum absolute atomic E-state index is 0.614. The third kappa shape index (κ3) is 5.27. The average molecular weight is 863 g/mol. The largest absolute Gasteiger partial charge is 0.310 e. The van der Waals surface area contributed by atoms with Gasteiger partial charge < -0.3 is 9.80 Å². The van der Waals surface area contributed by atoms with Gasteiger partial charge in [0.25, 0.3) is 0 Å². The van der Waals surface area contributed by atoms with Crippen LogP contribution in [0, 0.1) is 0 Å². The summed E-state index contributed by atoms with van der Waals surface area (Å²) < 4.78 is 5.19. The summed E-state index contributed by atoms with van der Waals surface area (Å²) in [4.78, 5) is 4.96. The molecule has 2 aromatic heterocycles. The number of nitrogens with zero attached hydrogens (tertiary/aromatic N) is 2. The average Bonchev–Trinajstić information content (AvgIpc) is 4.10. The van der Waals surface area contributed by atoms with E-state index in [9.17, 15) is 0 Å². The molecule has 0 N–H and O–H groups in total. The van der Waals surface area contributed by atoms with Crippen molar-refractivity contribution in [2.24, 2.45) is 0 Å². The van der Waals surface area contributed by atoms with E-state index < -0.39 is 5.41 Å². The molecule has 1 spiro atoms. The van der Waals surface area contributed by atoms with Crippen molar-refractivity contribution in [2.75, 3.05) is 9.80 Å². The summed E-state index contributed by atoms with van der Waals surface area (Å²) in [5, 5.41) is 5.21. The van der Waals surface area contributed by atoms with Gasteiger partial charge in [0.15, 0.2) is 0 Å². The van der Waals surface area contributed by atoms with Crippen LogP contribution >= 0.6 is 22.7 Å². The molecule has 2 aliphatic carbocycles. The zero-order valence-corrected chi connectivity index (χ0v) is 36.8. The molecule has 0 fully saturated rings. The normalized spacial score (nSPS) is 14.5. The minimum atomic E-state index is -0.614. The van der Waals surface area contributed by atoms with Crippen LogP contribution < -0.4 is 9.80 Å². The van der Waals surface area contributed by atoms with Gasteiger partial charge in [-0.05, 0) is 118 Å². The van der Waals surface area contributed by atoms with Gasteiger partial charge in [-0.1, -0.05) is 152 Å². The van der Waals surface area contributed by atoms with E-state index in [2.05, 4.69) is 240 Å². The molecule has 65 heavy (non-hydrogen) atoms. The van der Waals surface area contributed by atoms with Crippen molar-refractivity contribution in [3.8, 4) is 22.3 Å². The third-order valence-electron chi connectivity index (χ3n) is 13.8. The van der Waals surface area contributed by atoms with E-state index >= 15 is 0 Å². The first-order chi connectivity index (χ1) is 32.2. The summed E-state index contributed by atoms with van der Waals surface area (Å²) in [5.74, 6) is 0. The molecule has 0 amide bonds. The van der Waals surface area contributed by atoms with Crippen LogP contribution in [0.15, 0.2) is 231 Å². The third-order valence-corrected chi connectivity index (χ3v) is 16.1. The van der Waals surface area contributed by atoms with Crippen LogP contribution in [-0.2, 0) is 5.41 Å². The molecule has 10 aromatic carbocycles. The number of fused-ring (bicyclic) bond motifs is 16. The summed E-state index contributed by atoms with van der Waals surface area (Å²) >= 11 is 3.74. The molecule has 4 heteroatoms. The highest BCUT2D eigenvalue weighted by molar-refractivity contribution is 7.26. The van der Waals surface area contributed by atoms with Crippen molar-refractivity contribution >= 4 is 97.1 Å². The maximum absolute atomic E-state index is 2.51. The Morgan fingerprint density at radius 1 is 0.277 bits per heavy atom. The standard InChI is InChI=1S/C61H38N2S2/c1-3-16-39(17-4-1)62(42-31-34-49-47-22-9-13-28-56(47)64-58(49)37-42)41-30-33-46-44-20-7-11-25-52(44)61(54(46)36-41)53-26-12-8-21-45(53)51-24-15-27-55(60(51)61)63(40-18-5-2-6-19-40)43-32-35-50-48-23-10-14-29-57(48)65-59(50)38-43/h1-38H. The Labute approximate surface area is 385 Å². The molecule has 2 aliphatic rings. The highest BCUT2D eigenvalue weighted by atomic mass is 32.1. The monoisotopic (exact) mass is 862 g/mol. The minimum Gasteiger partial charge on any atom is -0.310 e. The van der Waals surface area contributed by atoms with Crippen LogP contribution in [0.2, 0.25) is 0 Å². The van der Waals surface area contributed by atoms with E-state index in [1.54, 1.807) is 0 Å². The maximum atomic E-state index is 2.51. The molecule has 1 atom stereocenters. The first kappa shape index (κ1) is 36.7. The zero-order valence-electron chi connectivity index (χ0n) is 35.2. The van der Waals surface area contributed by atoms with Crippen LogP contribution in [-0.4, -0.2) is 0 Å². The molecule has 12 aromatic rings. The van der Waals surface area contributed by atoms with Crippen molar-refractivity contribution in [3.05, 3.63) is 253 Å². The van der Waals surface area contributed by atoms with E-state index in [4.69, 9.17) is 0 Å². The Kier molecular flexibility index (Phi) is 7.97. The van der Waals surface area contributed by atoms with Crippen molar-refractivity contribution < 1.29 is 0 Å². The summed E-state index contributed by atoms with van der Waals surface area (Å²) in [5.41, 5.74) is 16.5. The second-order valence-electron chi connectivity index (χ2n) is 17.2. The molecule has 0 aliphatic heterocycles. The van der Waals surface area contributed by atoms with Gasteiger partial charge in [-0.2, -0.15) is 0 Å². The number of anilines is 6. The van der Waals surface area contributed by atoms with Gasteiger partial charge in [-0.15, -0.1) is 22.7 Å². The predicted octanol–water partition coefficient (Wildman–Crippen LogP) is 17.7. The molecule has 2 nitrogen and oxygen atoms in total. The lowest BCUT2D eigenvalue weighted by molar-refractivity contribution is 0.793. The number of para-hydroxylation sites is 2. The molecule has 14 rings (SSSR count). The number of thiophene rings is 2. The van der Waals surface area contributed by atoms with E-state index in [-0.39, 0.29) is 0 Å². The van der Waals surface area contributed by atoms with E-state index in [1.807, 2.05) is 22.7 Å². The van der Waals surface area contributed by atoms with Crippen molar-refractivity contribution in [1.82, 2.24) is 0 Å². The lowest BCUT2D eigenvalue weighted by Gasteiger charge is -2.36. The van der Waals surface area contributed by atoms with E-state index in [0.717, 1.165) is 28.4 Å². The van der Waals surface area contributed by atoms with Crippen LogP contribution in [0.3, 0.4) is 0 Å². The summed E-state index contributed by atoms with van der Waals surface area (Å²) in [6, 6.07) is 85.9. The fraction of sp³-hybridized carbons (Fsp3) is 0.0164. The first-order valence-corrected chi connectivity index (χ1v) is 23.9. The highest BCUT2D eigenvalue weighted by Crippen LogP contribution is 2.66. The molecule has 0 radical (unpaired) electrons. The smallest absolute Gasteiger partial charge is 0.0746 e. The molecule has 304 valence electrons. The number of benzene rings is 10. The first-order valence-electron chi connectivity index (χ1n) is 22.2. The fourth-order valence-electron chi connectivity index (χ4n) is 11.2. The Balaban J connectivity index is 1.04. The SMILES string of the molecule is c1ccc(N(c2ccc3c(c2)C2(c4ccccc4-3)c3ccccc3-c3cccc(N(c4ccccc4)c4ccc5c(c4)sc4ccccc45)c32)c2ccc3c(c2)sc2ccccc23)cc1. The van der Waals surface area contributed by atoms with Crippen LogP contribution in [0.4, 0.5) is 34.1 Å². The zero-order chi connectivity index (χ0) is 42.6. The lowest BCUT2D eigenvalue weighted by Crippen LogP contribution is -2.28. The van der Waals surface area contributed by atoms with Crippen molar-refractivity contribution in [2.45, 2.75) is 5.41 Å². The summed E-state index contributed by atoms with van der Waals surface area (Å²) in [6.45, 7) is 0. The van der Waals surface area contributed by atoms with Gasteiger partial charge >= 0.3 is 0 Å². The van der Waals surface area contributed by atoms with Crippen LogP contribution in [0.25, 0.3) is 62.6 Å². The number of rotatable bonds is 6. The molecule has 1 unspecified atom stereocenters. The molecule has 0 saturated heterocycles. The number of hydrogen-bond acceptors (Lipinski definition) is 4. The molecule has 0 saturated carbocycles. The molecule has 2 heterocycles. The van der Waals surface area contributed by atoms with Crippen molar-refractivity contribution in [1.29, 1.82) is 0 Å². The Hall–Kier alpha value is -7.76. The second kappa shape index (κ2) is 14.1. The number of hydrogen-bond donors (Lipinski definition) is 0. The Bertz CT molecular complexity index is 3850. The van der Waals surface area contributed by atoms with Crippen LogP contribution in [0.1, 0.15) is 22.3 Å². The second-order valence-corrected chi connectivity index (χ2v) is 19.3. The maximum Gasteiger partial charge on any atom is 0.0746 e. The van der Waals surface area contributed by atoms with Gasteiger partial charge in [-0.25, -0.2) is 0 Å². The molecular weight excluding hydrogens is 825 g/mol. The topological polar surface area (TPSA) is 6.48 Å². The molecule has 0 bridgehead atoms. The van der Waals surface area contributed by atoms with Crippen LogP contribution in [0.5, 0.6) is 0 Å². The molecular formula is C61H38N2S2. The Morgan fingerprint density at radius 2 is 0.723 bits per heavy atom. The fourth-order valence-corrected chi connectivity index (χ4v) is 13.5. The highest BCUT2D eigenvalue weighted by Gasteiger charge is 2.53. The predicted molar refractivity (Wildman–Crippen MR) is 278 cm³/mol. The quantitative estimate of drug-likeness (QED) is 0.164. The van der Waals surface area contributed by atoms with E-state index in [0.29, 0.717) is 0 Å². The summed E-state index contributed by atoms with van der Waals surface area (Å²) in [6.07, 6.45) is 0. The van der Waals surface area contributed by atoms with E-state index in [1.165, 1.54) is 90.5 Å².